The van der Waals surface area contributed by atoms with Gasteiger partial charge in [-0.2, -0.15) is 0 Å². The molecular formula is C18H20N2O2. The van der Waals surface area contributed by atoms with Crippen LogP contribution in [0, 0.1) is 0 Å². The summed E-state index contributed by atoms with van der Waals surface area (Å²) in [5.74, 6) is -0.126. The van der Waals surface area contributed by atoms with E-state index >= 15 is 0 Å². The molecule has 4 nitrogen and oxygen atoms in total. The van der Waals surface area contributed by atoms with E-state index < -0.39 is 0 Å². The van der Waals surface area contributed by atoms with E-state index in [1.54, 1.807) is 12.1 Å². The summed E-state index contributed by atoms with van der Waals surface area (Å²) in [6.45, 7) is 4.68. The minimum absolute atomic E-state index is 0.0417. The van der Waals surface area contributed by atoms with Gasteiger partial charge in [-0.15, -0.1) is 6.58 Å². The molecule has 0 atom stereocenters. The smallest absolute Gasteiger partial charge is 0.253 e. The molecule has 0 aliphatic heterocycles. The summed E-state index contributed by atoms with van der Waals surface area (Å²) < 4.78 is 0. The van der Waals surface area contributed by atoms with Crippen molar-refractivity contribution in [3.05, 3.63) is 77.9 Å². The molecule has 0 bridgehead atoms. The van der Waals surface area contributed by atoms with Gasteiger partial charge in [0.1, 0.15) is 0 Å². The predicted molar refractivity (Wildman–Crippen MR) is 88.7 cm³/mol. The highest BCUT2D eigenvalue weighted by Gasteiger charge is 2.09. The van der Waals surface area contributed by atoms with Gasteiger partial charge in [0, 0.05) is 18.8 Å². The average molecular weight is 296 g/mol. The fraction of sp³-hybridized carbons (Fsp3) is 0.167. The highest BCUT2D eigenvalue weighted by Crippen LogP contribution is 2.16. The maximum Gasteiger partial charge on any atom is 0.253 e. The van der Waals surface area contributed by atoms with Gasteiger partial charge in [-0.3, -0.25) is 4.79 Å². The third kappa shape index (κ3) is 4.20. The topological polar surface area (TPSA) is 61.4 Å². The zero-order valence-electron chi connectivity index (χ0n) is 12.4. The lowest BCUT2D eigenvalue weighted by Crippen LogP contribution is -2.24. The van der Waals surface area contributed by atoms with Crippen LogP contribution in [-0.2, 0) is 13.2 Å². The van der Waals surface area contributed by atoms with Crippen molar-refractivity contribution in [2.45, 2.75) is 13.2 Å². The molecular weight excluding hydrogens is 276 g/mol. The molecule has 0 aliphatic carbocycles. The Balaban J connectivity index is 2.05. The Hall–Kier alpha value is -2.59. The van der Waals surface area contributed by atoms with Gasteiger partial charge in [0.25, 0.3) is 5.91 Å². The van der Waals surface area contributed by atoms with Crippen molar-refractivity contribution in [2.75, 3.05) is 11.9 Å². The number of aliphatic hydroxyl groups is 1. The van der Waals surface area contributed by atoms with Crippen molar-refractivity contribution in [3.63, 3.8) is 0 Å². The van der Waals surface area contributed by atoms with Gasteiger partial charge >= 0.3 is 0 Å². The number of amides is 1. The maximum atomic E-state index is 12.1. The molecule has 1 amide bonds. The van der Waals surface area contributed by atoms with Crippen molar-refractivity contribution < 1.29 is 9.90 Å². The summed E-state index contributed by atoms with van der Waals surface area (Å²) in [6, 6.07) is 15.1. The van der Waals surface area contributed by atoms with Crippen molar-refractivity contribution in [3.8, 4) is 0 Å². The second kappa shape index (κ2) is 8.00. The molecule has 0 radical (unpaired) electrons. The number of hydrogen-bond acceptors (Lipinski definition) is 3. The molecule has 0 unspecified atom stereocenters. The number of rotatable bonds is 7. The Morgan fingerprint density at radius 3 is 2.45 bits per heavy atom. The number of carbonyl (C=O) groups is 1. The summed E-state index contributed by atoms with van der Waals surface area (Å²) in [5, 5.41) is 15.1. The third-order valence-corrected chi connectivity index (χ3v) is 3.27. The first-order chi connectivity index (χ1) is 10.7. The molecule has 2 rings (SSSR count). The lowest BCUT2D eigenvalue weighted by Gasteiger charge is -2.12. The number of nitrogens with one attached hydrogen (secondary N) is 2. The number of aliphatic hydroxyl groups excluding tert-OH is 1. The van der Waals surface area contributed by atoms with Crippen LogP contribution in [0.15, 0.2) is 61.2 Å². The molecule has 0 spiro atoms. The molecule has 2 aromatic carbocycles. The largest absolute Gasteiger partial charge is 0.392 e. The van der Waals surface area contributed by atoms with Gasteiger partial charge < -0.3 is 15.7 Å². The van der Waals surface area contributed by atoms with E-state index in [1.165, 1.54) is 0 Å². The minimum Gasteiger partial charge on any atom is -0.392 e. The van der Waals surface area contributed by atoms with Gasteiger partial charge in [0.05, 0.1) is 12.2 Å². The standard InChI is InChI=1S/C18H20N2O2/c1-2-11-19-18(22)16-5-3-4-6-17(16)20-12-14-7-9-15(13-21)10-8-14/h2-10,20-21H,1,11-13H2,(H,19,22). The van der Waals surface area contributed by atoms with Crippen molar-refractivity contribution in [2.24, 2.45) is 0 Å². The quantitative estimate of drug-likeness (QED) is 0.688. The van der Waals surface area contributed by atoms with E-state index in [4.69, 9.17) is 5.11 Å². The van der Waals surface area contributed by atoms with E-state index in [-0.39, 0.29) is 12.5 Å². The van der Waals surface area contributed by atoms with Crippen LogP contribution >= 0.6 is 0 Å². The molecule has 22 heavy (non-hydrogen) atoms. The highest BCUT2D eigenvalue weighted by atomic mass is 16.3. The first-order valence-corrected chi connectivity index (χ1v) is 7.15. The van der Waals surface area contributed by atoms with E-state index in [0.29, 0.717) is 18.7 Å². The summed E-state index contributed by atoms with van der Waals surface area (Å²) >= 11 is 0. The zero-order chi connectivity index (χ0) is 15.8. The fourth-order valence-corrected chi connectivity index (χ4v) is 2.06. The van der Waals surface area contributed by atoms with Gasteiger partial charge in [0.2, 0.25) is 0 Å². The number of carbonyl (C=O) groups excluding carboxylic acids is 1. The Bertz CT molecular complexity index is 636. The Morgan fingerprint density at radius 2 is 1.77 bits per heavy atom. The second-order valence-corrected chi connectivity index (χ2v) is 4.87. The number of benzene rings is 2. The van der Waals surface area contributed by atoms with Crippen LogP contribution < -0.4 is 10.6 Å². The van der Waals surface area contributed by atoms with E-state index in [1.807, 2.05) is 42.5 Å². The second-order valence-electron chi connectivity index (χ2n) is 4.87. The Morgan fingerprint density at radius 1 is 1.09 bits per heavy atom. The normalized spacial score (nSPS) is 10.0. The van der Waals surface area contributed by atoms with Crippen molar-refractivity contribution in [1.82, 2.24) is 5.32 Å². The van der Waals surface area contributed by atoms with Crippen LogP contribution in [0.1, 0.15) is 21.5 Å². The van der Waals surface area contributed by atoms with E-state index in [9.17, 15) is 4.79 Å². The van der Waals surface area contributed by atoms with Crippen LogP contribution in [0.2, 0.25) is 0 Å². The van der Waals surface area contributed by atoms with Gasteiger partial charge in [0.15, 0.2) is 0 Å². The van der Waals surface area contributed by atoms with Crippen LogP contribution in [0.3, 0.4) is 0 Å². The molecule has 0 saturated carbocycles. The molecule has 2 aromatic rings. The van der Waals surface area contributed by atoms with Gasteiger partial charge in [-0.05, 0) is 23.3 Å². The Labute approximate surface area is 130 Å². The molecule has 0 heterocycles. The summed E-state index contributed by atoms with van der Waals surface area (Å²) in [7, 11) is 0. The minimum atomic E-state index is -0.126. The average Bonchev–Trinajstić information content (AvgIpc) is 2.58. The fourth-order valence-electron chi connectivity index (χ4n) is 2.06. The molecule has 4 heteroatoms. The molecule has 0 aliphatic rings. The van der Waals surface area contributed by atoms with E-state index in [2.05, 4.69) is 17.2 Å². The van der Waals surface area contributed by atoms with Crippen LogP contribution in [0.4, 0.5) is 5.69 Å². The SMILES string of the molecule is C=CCNC(=O)c1ccccc1NCc1ccc(CO)cc1. The van der Waals surface area contributed by atoms with Crippen molar-refractivity contribution in [1.29, 1.82) is 0 Å². The summed E-state index contributed by atoms with van der Waals surface area (Å²) in [6.07, 6.45) is 1.65. The summed E-state index contributed by atoms with van der Waals surface area (Å²) in [4.78, 5) is 12.1. The van der Waals surface area contributed by atoms with Gasteiger partial charge in [-0.1, -0.05) is 42.5 Å². The van der Waals surface area contributed by atoms with Crippen LogP contribution in [0.25, 0.3) is 0 Å². The zero-order valence-corrected chi connectivity index (χ0v) is 12.4. The number of anilines is 1. The van der Waals surface area contributed by atoms with Crippen LogP contribution in [0.5, 0.6) is 0 Å². The lowest BCUT2D eigenvalue weighted by atomic mass is 10.1. The molecule has 3 N–H and O–H groups in total. The third-order valence-electron chi connectivity index (χ3n) is 3.27. The highest BCUT2D eigenvalue weighted by molar-refractivity contribution is 5.99. The van der Waals surface area contributed by atoms with E-state index in [0.717, 1.165) is 16.8 Å². The monoisotopic (exact) mass is 296 g/mol. The molecule has 0 fully saturated rings. The maximum absolute atomic E-state index is 12.1. The lowest BCUT2D eigenvalue weighted by molar-refractivity contribution is 0.0959. The molecule has 0 saturated heterocycles. The molecule has 0 aromatic heterocycles. The predicted octanol–water partition coefficient (Wildman–Crippen LogP) is 2.71. The Kier molecular flexibility index (Phi) is 5.74. The first kappa shape index (κ1) is 15.8. The summed E-state index contributed by atoms with van der Waals surface area (Å²) in [5.41, 5.74) is 3.36. The van der Waals surface area contributed by atoms with Crippen molar-refractivity contribution >= 4 is 11.6 Å². The van der Waals surface area contributed by atoms with Crippen LogP contribution in [-0.4, -0.2) is 17.6 Å². The number of para-hydroxylation sites is 1. The first-order valence-electron chi connectivity index (χ1n) is 7.15. The van der Waals surface area contributed by atoms with Gasteiger partial charge in [-0.25, -0.2) is 0 Å². The molecule has 114 valence electrons. The number of hydrogen-bond donors (Lipinski definition) is 3.